The molecule has 0 spiro atoms. The Morgan fingerprint density at radius 3 is 2.52 bits per heavy atom. The summed E-state index contributed by atoms with van der Waals surface area (Å²) in [4.78, 5) is 19.3. The average molecular weight is 410 g/mol. The van der Waals surface area contributed by atoms with E-state index in [1.54, 1.807) is 30.5 Å². The summed E-state index contributed by atoms with van der Waals surface area (Å²) in [6.45, 7) is 5.81. The molecule has 6 nitrogen and oxygen atoms in total. The van der Waals surface area contributed by atoms with Gasteiger partial charge in [-0.3, -0.25) is 9.20 Å². The number of nitriles is 1. The van der Waals surface area contributed by atoms with Crippen molar-refractivity contribution < 1.29 is 4.79 Å². The zero-order valence-corrected chi connectivity index (χ0v) is 17.4. The summed E-state index contributed by atoms with van der Waals surface area (Å²) in [6, 6.07) is 13.0. The fourth-order valence-corrected chi connectivity index (χ4v) is 3.39. The third-order valence-corrected chi connectivity index (χ3v) is 4.87. The minimum Gasteiger partial charge on any atom is -0.360 e. The monoisotopic (exact) mass is 409 g/mol. The first kappa shape index (κ1) is 20.7. The summed E-state index contributed by atoms with van der Waals surface area (Å²) in [7, 11) is 0. The fraction of sp³-hybridized carbons (Fsp3) is 0.318. The molecule has 0 aliphatic heterocycles. The van der Waals surface area contributed by atoms with E-state index in [9.17, 15) is 10.1 Å². The molecule has 0 atom stereocenters. The first-order valence-corrected chi connectivity index (χ1v) is 10.1. The second-order valence-corrected chi connectivity index (χ2v) is 7.24. The molecule has 1 amide bonds. The number of carbonyl (C=O) groups excluding carboxylic acids is 1. The lowest BCUT2D eigenvalue weighted by molar-refractivity contribution is -0.129. The van der Waals surface area contributed by atoms with Gasteiger partial charge in [-0.1, -0.05) is 37.6 Å². The SMILES string of the molecule is CCCN(CCC)C(=O)CNc1c(-c2ccc(Cl)cc2)nc2cc(C#N)ccn12. The van der Waals surface area contributed by atoms with E-state index >= 15 is 0 Å². The van der Waals surface area contributed by atoms with E-state index in [0.717, 1.165) is 31.5 Å². The van der Waals surface area contributed by atoms with E-state index in [4.69, 9.17) is 16.6 Å². The summed E-state index contributed by atoms with van der Waals surface area (Å²) < 4.78 is 1.86. The van der Waals surface area contributed by atoms with Gasteiger partial charge in [0.2, 0.25) is 5.91 Å². The van der Waals surface area contributed by atoms with Crippen LogP contribution in [0.15, 0.2) is 42.6 Å². The number of benzene rings is 1. The van der Waals surface area contributed by atoms with Crippen molar-refractivity contribution in [1.82, 2.24) is 14.3 Å². The molecule has 2 aromatic heterocycles. The first-order valence-electron chi connectivity index (χ1n) is 9.77. The van der Waals surface area contributed by atoms with Crippen molar-refractivity contribution in [2.45, 2.75) is 26.7 Å². The van der Waals surface area contributed by atoms with E-state index in [1.165, 1.54) is 0 Å². The maximum atomic E-state index is 12.7. The van der Waals surface area contributed by atoms with Crippen molar-refractivity contribution in [2.75, 3.05) is 25.0 Å². The molecule has 3 rings (SSSR count). The molecule has 1 N–H and O–H groups in total. The van der Waals surface area contributed by atoms with Gasteiger partial charge in [0, 0.05) is 29.9 Å². The number of halogens is 1. The molecule has 0 fully saturated rings. The standard InChI is InChI=1S/C22H24ClN5O/c1-3-10-27(11-4-2)20(29)15-25-22-21(17-5-7-18(23)8-6-17)26-19-13-16(14-24)9-12-28(19)22/h5-9,12-13,25H,3-4,10-11,15H2,1-2H3. The van der Waals surface area contributed by atoms with Crippen LogP contribution in [0.2, 0.25) is 5.02 Å². The number of aromatic nitrogens is 2. The molecule has 0 aliphatic carbocycles. The number of nitrogens with one attached hydrogen (secondary N) is 1. The number of rotatable bonds is 8. The van der Waals surface area contributed by atoms with Crippen molar-refractivity contribution in [2.24, 2.45) is 0 Å². The predicted molar refractivity (Wildman–Crippen MR) is 116 cm³/mol. The van der Waals surface area contributed by atoms with Gasteiger partial charge in [0.25, 0.3) is 0 Å². The lowest BCUT2D eigenvalue weighted by atomic mass is 10.1. The summed E-state index contributed by atoms with van der Waals surface area (Å²) in [5, 5.41) is 13.1. The second-order valence-electron chi connectivity index (χ2n) is 6.81. The largest absolute Gasteiger partial charge is 0.360 e. The molecule has 0 unspecified atom stereocenters. The topological polar surface area (TPSA) is 73.4 Å². The Kier molecular flexibility index (Phi) is 6.73. The van der Waals surface area contributed by atoms with Gasteiger partial charge in [0.15, 0.2) is 0 Å². The zero-order valence-electron chi connectivity index (χ0n) is 16.7. The predicted octanol–water partition coefficient (Wildman–Crippen LogP) is 4.59. The van der Waals surface area contributed by atoms with Gasteiger partial charge in [0.1, 0.15) is 17.2 Å². The average Bonchev–Trinajstić information content (AvgIpc) is 3.09. The van der Waals surface area contributed by atoms with Gasteiger partial charge in [-0.2, -0.15) is 5.26 Å². The number of nitrogens with zero attached hydrogens (tertiary/aromatic N) is 4. The van der Waals surface area contributed by atoms with E-state index < -0.39 is 0 Å². The van der Waals surface area contributed by atoms with Gasteiger partial charge in [0.05, 0.1) is 18.2 Å². The van der Waals surface area contributed by atoms with E-state index in [2.05, 4.69) is 25.2 Å². The van der Waals surface area contributed by atoms with E-state index in [-0.39, 0.29) is 12.5 Å². The Morgan fingerprint density at radius 2 is 1.90 bits per heavy atom. The van der Waals surface area contributed by atoms with Crippen molar-refractivity contribution in [3.05, 3.63) is 53.2 Å². The maximum Gasteiger partial charge on any atom is 0.241 e. The molecule has 0 aliphatic rings. The number of anilines is 1. The minimum atomic E-state index is 0.0550. The van der Waals surface area contributed by atoms with Gasteiger partial charge >= 0.3 is 0 Å². The number of amides is 1. The maximum absolute atomic E-state index is 12.7. The molecular weight excluding hydrogens is 386 g/mol. The minimum absolute atomic E-state index is 0.0550. The normalized spacial score (nSPS) is 10.7. The molecule has 7 heteroatoms. The molecule has 0 saturated heterocycles. The molecule has 1 aromatic carbocycles. The Labute approximate surface area is 175 Å². The van der Waals surface area contributed by atoms with Crippen LogP contribution in [0.4, 0.5) is 5.82 Å². The molecule has 3 aromatic rings. The summed E-state index contributed by atoms with van der Waals surface area (Å²) >= 11 is 6.03. The lowest BCUT2D eigenvalue weighted by Crippen LogP contribution is -2.36. The van der Waals surface area contributed by atoms with Crippen LogP contribution in [0.25, 0.3) is 16.9 Å². The molecule has 2 heterocycles. The third-order valence-electron chi connectivity index (χ3n) is 4.62. The first-order chi connectivity index (χ1) is 14.1. The van der Waals surface area contributed by atoms with Crippen molar-refractivity contribution >= 4 is 29.0 Å². The molecule has 0 radical (unpaired) electrons. The lowest BCUT2D eigenvalue weighted by Gasteiger charge is -2.22. The highest BCUT2D eigenvalue weighted by Gasteiger charge is 2.17. The molecular formula is C22H24ClN5O. The van der Waals surface area contributed by atoms with Crippen LogP contribution in [-0.4, -0.2) is 39.8 Å². The van der Waals surface area contributed by atoms with Gasteiger partial charge < -0.3 is 10.2 Å². The molecule has 29 heavy (non-hydrogen) atoms. The van der Waals surface area contributed by atoms with E-state index in [1.807, 2.05) is 21.4 Å². The molecule has 0 bridgehead atoms. The molecule has 0 saturated carbocycles. The van der Waals surface area contributed by atoms with E-state index in [0.29, 0.717) is 27.7 Å². The summed E-state index contributed by atoms with van der Waals surface area (Å²) in [5.41, 5.74) is 2.76. The second kappa shape index (κ2) is 9.44. The van der Waals surface area contributed by atoms with Crippen LogP contribution in [-0.2, 0) is 4.79 Å². The van der Waals surface area contributed by atoms with Gasteiger partial charge in [-0.15, -0.1) is 0 Å². The Bertz CT molecular complexity index is 1030. The van der Waals surface area contributed by atoms with Crippen LogP contribution in [0.3, 0.4) is 0 Å². The van der Waals surface area contributed by atoms with Crippen molar-refractivity contribution in [1.29, 1.82) is 5.26 Å². The van der Waals surface area contributed by atoms with Gasteiger partial charge in [-0.05, 0) is 37.1 Å². The van der Waals surface area contributed by atoms with Crippen LogP contribution in [0, 0.1) is 11.3 Å². The van der Waals surface area contributed by atoms with Crippen LogP contribution in [0.5, 0.6) is 0 Å². The summed E-state index contributed by atoms with van der Waals surface area (Å²) in [5.74, 6) is 0.771. The van der Waals surface area contributed by atoms with Crippen molar-refractivity contribution in [3.8, 4) is 17.3 Å². The van der Waals surface area contributed by atoms with Crippen LogP contribution in [0.1, 0.15) is 32.3 Å². The smallest absolute Gasteiger partial charge is 0.241 e. The third kappa shape index (κ3) is 4.69. The van der Waals surface area contributed by atoms with Crippen LogP contribution >= 0.6 is 11.6 Å². The Balaban J connectivity index is 1.96. The number of hydrogen-bond acceptors (Lipinski definition) is 4. The highest BCUT2D eigenvalue weighted by molar-refractivity contribution is 6.30. The Hall–Kier alpha value is -3.04. The Morgan fingerprint density at radius 1 is 1.21 bits per heavy atom. The number of imidazole rings is 1. The molecule has 150 valence electrons. The number of hydrogen-bond donors (Lipinski definition) is 1. The zero-order chi connectivity index (χ0) is 20.8. The van der Waals surface area contributed by atoms with Crippen LogP contribution < -0.4 is 5.32 Å². The number of pyridine rings is 1. The highest BCUT2D eigenvalue weighted by Crippen LogP contribution is 2.30. The number of fused-ring (bicyclic) bond motifs is 1. The quantitative estimate of drug-likeness (QED) is 0.590. The fourth-order valence-electron chi connectivity index (χ4n) is 3.26. The summed E-state index contributed by atoms with van der Waals surface area (Å²) in [6.07, 6.45) is 3.64. The van der Waals surface area contributed by atoms with Crippen molar-refractivity contribution in [3.63, 3.8) is 0 Å². The number of carbonyl (C=O) groups is 1. The highest BCUT2D eigenvalue weighted by atomic mass is 35.5. The van der Waals surface area contributed by atoms with Gasteiger partial charge in [-0.25, -0.2) is 4.98 Å².